The van der Waals surface area contributed by atoms with Crippen LogP contribution < -0.4 is 10.6 Å². The molecule has 0 aromatic rings. The van der Waals surface area contributed by atoms with Crippen LogP contribution in [-0.2, 0) is 4.74 Å². The van der Waals surface area contributed by atoms with E-state index in [0.29, 0.717) is 13.1 Å². The number of amides is 1. The van der Waals surface area contributed by atoms with Gasteiger partial charge in [-0.25, -0.2) is 4.79 Å². The molecule has 0 saturated carbocycles. The number of aliphatic imine (C=N–C) groups is 1. The Kier molecular flexibility index (Phi) is 9.20. The molecule has 0 fully saturated rings. The number of carbonyl (C=O) groups excluding carboxylic acids is 1. The van der Waals surface area contributed by atoms with Crippen LogP contribution in [0.25, 0.3) is 0 Å². The zero-order valence-electron chi connectivity index (χ0n) is 13.4. The second kappa shape index (κ2) is 9.74. The Balaban J connectivity index is 3.94. The molecule has 0 aromatic heterocycles. The smallest absolute Gasteiger partial charge is 0.410 e. The fourth-order valence-electron chi connectivity index (χ4n) is 1.27. The van der Waals surface area contributed by atoms with Crippen molar-refractivity contribution in [3.8, 4) is 0 Å². The lowest BCUT2D eigenvalue weighted by molar-refractivity contribution is 0.0302. The lowest BCUT2D eigenvalue weighted by atomic mass is 10.2. The minimum atomic E-state index is -0.464. The number of nitrogens with one attached hydrogen (secondary N) is 2. The SMILES string of the molecule is CN=C(NCCSC)NCCN(C)C(=O)OC(C)(C)C. The summed E-state index contributed by atoms with van der Waals surface area (Å²) < 4.78 is 5.27. The van der Waals surface area contributed by atoms with Crippen LogP contribution in [0, 0.1) is 0 Å². The Labute approximate surface area is 126 Å². The van der Waals surface area contributed by atoms with Gasteiger partial charge >= 0.3 is 6.09 Å². The molecule has 0 heterocycles. The molecule has 0 aliphatic heterocycles. The van der Waals surface area contributed by atoms with Crippen LogP contribution in [-0.4, -0.2) is 68.3 Å². The maximum Gasteiger partial charge on any atom is 0.410 e. The number of nitrogens with zero attached hydrogens (tertiary/aromatic N) is 2. The largest absolute Gasteiger partial charge is 0.444 e. The zero-order chi connectivity index (χ0) is 15.6. The third-order valence-electron chi connectivity index (χ3n) is 2.27. The van der Waals surface area contributed by atoms with Crippen molar-refractivity contribution in [2.45, 2.75) is 26.4 Å². The Bertz CT molecular complexity index is 316. The predicted octanol–water partition coefficient (Wildman–Crippen LogP) is 1.38. The van der Waals surface area contributed by atoms with Gasteiger partial charge in [-0.3, -0.25) is 4.99 Å². The summed E-state index contributed by atoms with van der Waals surface area (Å²) in [5.41, 5.74) is -0.464. The van der Waals surface area contributed by atoms with Crippen molar-refractivity contribution < 1.29 is 9.53 Å². The van der Waals surface area contributed by atoms with Gasteiger partial charge in [0.05, 0.1) is 0 Å². The van der Waals surface area contributed by atoms with Gasteiger partial charge in [-0.1, -0.05) is 0 Å². The summed E-state index contributed by atoms with van der Waals surface area (Å²) in [5.74, 6) is 1.77. The van der Waals surface area contributed by atoms with E-state index in [0.717, 1.165) is 18.3 Å². The van der Waals surface area contributed by atoms with E-state index in [1.165, 1.54) is 0 Å². The third kappa shape index (κ3) is 9.77. The third-order valence-corrected chi connectivity index (χ3v) is 2.88. The topological polar surface area (TPSA) is 66.0 Å². The highest BCUT2D eigenvalue weighted by molar-refractivity contribution is 7.98. The van der Waals surface area contributed by atoms with Gasteiger partial charge < -0.3 is 20.3 Å². The molecule has 6 nitrogen and oxygen atoms in total. The fourth-order valence-corrected chi connectivity index (χ4v) is 1.57. The lowest BCUT2D eigenvalue weighted by Crippen LogP contribution is -2.43. The number of likely N-dealkylation sites (N-methyl/N-ethyl adjacent to an activating group) is 1. The van der Waals surface area contributed by atoms with Crippen molar-refractivity contribution in [1.29, 1.82) is 0 Å². The first kappa shape index (κ1) is 18.9. The second-order valence-electron chi connectivity index (χ2n) is 5.32. The Morgan fingerprint density at radius 2 is 1.90 bits per heavy atom. The first-order valence-corrected chi connectivity index (χ1v) is 8.07. The highest BCUT2D eigenvalue weighted by Gasteiger charge is 2.19. The molecule has 0 atom stereocenters. The number of guanidine groups is 1. The van der Waals surface area contributed by atoms with Crippen LogP contribution in [0.5, 0.6) is 0 Å². The summed E-state index contributed by atoms with van der Waals surface area (Å²) in [6, 6.07) is 0. The molecule has 1 amide bonds. The Morgan fingerprint density at radius 1 is 1.30 bits per heavy atom. The first-order chi connectivity index (χ1) is 9.30. The van der Waals surface area contributed by atoms with Crippen LogP contribution in [0.3, 0.4) is 0 Å². The van der Waals surface area contributed by atoms with Gasteiger partial charge in [0.25, 0.3) is 0 Å². The molecule has 0 aliphatic carbocycles. The van der Waals surface area contributed by atoms with E-state index in [4.69, 9.17) is 4.74 Å². The highest BCUT2D eigenvalue weighted by Crippen LogP contribution is 2.08. The predicted molar refractivity (Wildman–Crippen MR) is 86.6 cm³/mol. The number of ether oxygens (including phenoxy) is 1. The molecule has 0 rings (SSSR count). The van der Waals surface area contributed by atoms with E-state index >= 15 is 0 Å². The minimum absolute atomic E-state index is 0.315. The van der Waals surface area contributed by atoms with Gasteiger partial charge in [-0.05, 0) is 27.0 Å². The van der Waals surface area contributed by atoms with E-state index in [1.807, 2.05) is 20.8 Å². The number of hydrogen-bond acceptors (Lipinski definition) is 4. The Hall–Kier alpha value is -1.11. The molecule has 0 unspecified atom stereocenters. The molecule has 2 N–H and O–H groups in total. The van der Waals surface area contributed by atoms with E-state index in [1.54, 1.807) is 30.8 Å². The van der Waals surface area contributed by atoms with Crippen LogP contribution in [0.2, 0.25) is 0 Å². The van der Waals surface area contributed by atoms with Gasteiger partial charge in [0.1, 0.15) is 5.60 Å². The maximum absolute atomic E-state index is 11.7. The summed E-state index contributed by atoms with van der Waals surface area (Å²) in [6.45, 7) is 7.60. The van der Waals surface area contributed by atoms with Gasteiger partial charge in [-0.2, -0.15) is 11.8 Å². The summed E-state index contributed by atoms with van der Waals surface area (Å²) in [6.07, 6.45) is 1.75. The van der Waals surface area contributed by atoms with Crippen molar-refractivity contribution in [1.82, 2.24) is 15.5 Å². The minimum Gasteiger partial charge on any atom is -0.444 e. The standard InChI is InChI=1S/C13H28N4O2S/c1-13(2,3)19-12(18)17(5)9-7-15-11(14-4)16-8-10-20-6/h7-10H2,1-6H3,(H2,14,15,16). The summed E-state index contributed by atoms with van der Waals surface area (Å²) >= 11 is 1.78. The highest BCUT2D eigenvalue weighted by atomic mass is 32.2. The summed E-state index contributed by atoms with van der Waals surface area (Å²) in [5, 5.41) is 6.35. The lowest BCUT2D eigenvalue weighted by Gasteiger charge is -2.24. The van der Waals surface area contributed by atoms with Gasteiger partial charge in [0.15, 0.2) is 5.96 Å². The molecular weight excluding hydrogens is 276 g/mol. The van der Waals surface area contributed by atoms with Crippen molar-refractivity contribution >= 4 is 23.8 Å². The van der Waals surface area contributed by atoms with Gasteiger partial charge in [-0.15, -0.1) is 0 Å². The monoisotopic (exact) mass is 304 g/mol. The molecule has 7 heteroatoms. The summed E-state index contributed by atoms with van der Waals surface area (Å²) in [4.78, 5) is 17.4. The number of thioether (sulfide) groups is 1. The van der Waals surface area contributed by atoms with Crippen molar-refractivity contribution in [3.63, 3.8) is 0 Å². The molecule has 0 bridgehead atoms. The average Bonchev–Trinajstić information content (AvgIpc) is 2.34. The van der Waals surface area contributed by atoms with Gasteiger partial charge in [0, 0.05) is 39.5 Å². The molecule has 0 aromatic carbocycles. The van der Waals surface area contributed by atoms with Crippen molar-refractivity contribution in [2.75, 3.05) is 45.7 Å². The van der Waals surface area contributed by atoms with Crippen molar-refractivity contribution in [3.05, 3.63) is 0 Å². The number of hydrogen-bond donors (Lipinski definition) is 2. The van der Waals surface area contributed by atoms with E-state index in [-0.39, 0.29) is 6.09 Å². The van der Waals surface area contributed by atoms with Crippen LogP contribution in [0.4, 0.5) is 4.79 Å². The molecule has 0 saturated heterocycles. The quantitative estimate of drug-likeness (QED) is 0.441. The van der Waals surface area contributed by atoms with Crippen LogP contribution in [0.15, 0.2) is 4.99 Å². The molecule has 118 valence electrons. The zero-order valence-corrected chi connectivity index (χ0v) is 14.3. The fraction of sp³-hybridized carbons (Fsp3) is 0.846. The Morgan fingerprint density at radius 3 is 2.40 bits per heavy atom. The number of rotatable bonds is 6. The molecular formula is C13H28N4O2S. The van der Waals surface area contributed by atoms with Crippen LogP contribution in [0.1, 0.15) is 20.8 Å². The summed E-state index contributed by atoms with van der Waals surface area (Å²) in [7, 11) is 3.45. The first-order valence-electron chi connectivity index (χ1n) is 6.67. The van der Waals surface area contributed by atoms with Gasteiger partial charge in [0.2, 0.25) is 0 Å². The van der Waals surface area contributed by atoms with E-state index in [2.05, 4.69) is 21.9 Å². The molecule has 0 aliphatic rings. The maximum atomic E-state index is 11.7. The van der Waals surface area contributed by atoms with E-state index in [9.17, 15) is 4.79 Å². The normalized spacial score (nSPS) is 12.0. The number of carbonyl (C=O) groups is 1. The molecule has 0 radical (unpaired) electrons. The molecule has 20 heavy (non-hydrogen) atoms. The van der Waals surface area contributed by atoms with E-state index < -0.39 is 5.60 Å². The van der Waals surface area contributed by atoms with Crippen molar-refractivity contribution in [2.24, 2.45) is 4.99 Å². The molecule has 0 spiro atoms. The second-order valence-corrected chi connectivity index (χ2v) is 6.31. The average molecular weight is 304 g/mol. The van der Waals surface area contributed by atoms with Crippen LogP contribution >= 0.6 is 11.8 Å².